The molecule has 1 aromatic carbocycles. The summed E-state index contributed by atoms with van der Waals surface area (Å²) in [4.78, 5) is 23.3. The molecule has 32 heavy (non-hydrogen) atoms. The van der Waals surface area contributed by atoms with Crippen LogP contribution in [0.5, 0.6) is 0 Å². The fourth-order valence-electron chi connectivity index (χ4n) is 3.70. The Morgan fingerprint density at radius 3 is 2.72 bits per heavy atom. The Hall–Kier alpha value is -3.53. The number of amides is 1. The van der Waals surface area contributed by atoms with Gasteiger partial charge in [-0.25, -0.2) is 9.37 Å². The van der Waals surface area contributed by atoms with Gasteiger partial charge >= 0.3 is 0 Å². The normalized spacial score (nSPS) is 16.5. The first-order chi connectivity index (χ1) is 15.3. The molecule has 2 unspecified atom stereocenters. The van der Waals surface area contributed by atoms with Gasteiger partial charge in [-0.3, -0.25) is 9.48 Å². The Labute approximate surface area is 185 Å². The number of fused-ring (bicyclic) bond motifs is 1. The number of hydrogen-bond acceptors (Lipinski definition) is 7. The number of hydrogen-bond donors (Lipinski definition) is 3. The molecule has 1 aliphatic rings. The minimum atomic E-state index is -0.610. The molecular weight excluding hydrogens is 413 g/mol. The monoisotopic (exact) mass is 439 g/mol. The number of anilines is 3. The average Bonchev–Trinajstić information content (AvgIpc) is 3.19. The van der Waals surface area contributed by atoms with Gasteiger partial charge in [0.15, 0.2) is 5.82 Å². The van der Waals surface area contributed by atoms with E-state index in [9.17, 15) is 14.3 Å². The van der Waals surface area contributed by atoms with E-state index in [1.54, 1.807) is 41.9 Å². The zero-order valence-electron chi connectivity index (χ0n) is 18.2. The van der Waals surface area contributed by atoms with E-state index in [0.29, 0.717) is 42.7 Å². The van der Waals surface area contributed by atoms with E-state index < -0.39 is 12.1 Å². The van der Waals surface area contributed by atoms with Crippen molar-refractivity contribution in [1.29, 1.82) is 0 Å². The van der Waals surface area contributed by atoms with Gasteiger partial charge in [-0.1, -0.05) is 12.1 Å². The van der Waals surface area contributed by atoms with Crippen molar-refractivity contribution in [1.82, 2.24) is 19.7 Å². The van der Waals surface area contributed by atoms with Crippen molar-refractivity contribution in [3.63, 3.8) is 0 Å². The van der Waals surface area contributed by atoms with E-state index in [4.69, 9.17) is 0 Å². The first-order valence-electron chi connectivity index (χ1n) is 10.4. The second-order valence-electron chi connectivity index (χ2n) is 8.06. The highest BCUT2D eigenvalue weighted by Gasteiger charge is 2.34. The number of aryl methyl sites for hydroxylation is 1. The maximum absolute atomic E-state index is 13.1. The number of likely N-dealkylation sites (N-methyl/N-ethyl adjacent to an activating group) is 1. The third kappa shape index (κ3) is 4.70. The van der Waals surface area contributed by atoms with Crippen LogP contribution in [-0.2, 0) is 17.9 Å². The van der Waals surface area contributed by atoms with Crippen LogP contribution in [0.4, 0.5) is 21.8 Å². The van der Waals surface area contributed by atoms with Crippen LogP contribution in [0.15, 0.2) is 36.7 Å². The molecule has 0 bridgehead atoms. The SMILES string of the molecule is Cc1nc(NCc2cnn(Cc3ccc(F)cc3)c2)nc2c1NC(=O)C(CC(C)O)N2C. The Morgan fingerprint density at radius 2 is 2.00 bits per heavy atom. The molecule has 0 spiro atoms. The zero-order valence-corrected chi connectivity index (χ0v) is 18.2. The number of aromatic nitrogens is 4. The molecule has 9 nitrogen and oxygen atoms in total. The lowest BCUT2D eigenvalue weighted by Crippen LogP contribution is -2.48. The van der Waals surface area contributed by atoms with E-state index in [0.717, 1.165) is 11.1 Å². The van der Waals surface area contributed by atoms with Crippen molar-refractivity contribution in [2.75, 3.05) is 22.6 Å². The predicted octanol–water partition coefficient (Wildman–Crippen LogP) is 2.31. The number of nitrogens with zero attached hydrogens (tertiary/aromatic N) is 5. The number of nitrogens with one attached hydrogen (secondary N) is 2. The number of rotatable bonds is 7. The highest BCUT2D eigenvalue weighted by molar-refractivity contribution is 6.03. The molecule has 0 saturated heterocycles. The van der Waals surface area contributed by atoms with Gasteiger partial charge in [0.2, 0.25) is 11.9 Å². The molecule has 0 radical (unpaired) electrons. The largest absolute Gasteiger partial charge is 0.393 e. The number of aliphatic hydroxyl groups excluding tert-OH is 1. The van der Waals surface area contributed by atoms with E-state index in [-0.39, 0.29) is 11.7 Å². The Kier molecular flexibility index (Phi) is 6.04. The summed E-state index contributed by atoms with van der Waals surface area (Å²) < 4.78 is 14.9. The number of aliphatic hydroxyl groups is 1. The van der Waals surface area contributed by atoms with Crippen molar-refractivity contribution in [3.8, 4) is 0 Å². The maximum Gasteiger partial charge on any atom is 0.247 e. The lowest BCUT2D eigenvalue weighted by Gasteiger charge is -2.35. The molecule has 2 aromatic heterocycles. The molecule has 10 heteroatoms. The number of carbonyl (C=O) groups excluding carboxylic acids is 1. The smallest absolute Gasteiger partial charge is 0.247 e. The van der Waals surface area contributed by atoms with E-state index in [1.807, 2.05) is 13.1 Å². The van der Waals surface area contributed by atoms with Gasteiger partial charge in [0.1, 0.15) is 17.5 Å². The molecule has 3 heterocycles. The van der Waals surface area contributed by atoms with Crippen LogP contribution >= 0.6 is 0 Å². The summed E-state index contributed by atoms with van der Waals surface area (Å²) in [6.45, 7) is 4.49. The van der Waals surface area contributed by atoms with Gasteiger partial charge in [0.05, 0.1) is 24.5 Å². The van der Waals surface area contributed by atoms with E-state index in [2.05, 4.69) is 25.7 Å². The van der Waals surface area contributed by atoms with Gasteiger partial charge in [-0.05, 0) is 31.5 Å². The second kappa shape index (κ2) is 8.91. The van der Waals surface area contributed by atoms with Crippen molar-refractivity contribution in [2.45, 2.75) is 45.5 Å². The molecule has 0 aliphatic carbocycles. The fourth-order valence-corrected chi connectivity index (χ4v) is 3.70. The Morgan fingerprint density at radius 1 is 1.25 bits per heavy atom. The Bertz CT molecular complexity index is 1110. The molecule has 1 aliphatic heterocycles. The number of carbonyl (C=O) groups is 1. The molecule has 3 N–H and O–H groups in total. The first kappa shape index (κ1) is 21.7. The van der Waals surface area contributed by atoms with Crippen molar-refractivity contribution in [2.24, 2.45) is 0 Å². The summed E-state index contributed by atoms with van der Waals surface area (Å²) in [5.74, 6) is 0.604. The van der Waals surface area contributed by atoms with Gasteiger partial charge in [0.25, 0.3) is 0 Å². The standard InChI is InChI=1S/C22H26FN7O2/c1-13(31)8-18-21(32)27-19-14(2)26-22(28-20(19)29(18)3)24-9-16-10-25-30(12-16)11-15-4-6-17(23)7-5-15/h4-7,10,12-13,18,31H,8-9,11H2,1-3H3,(H,27,32)(H,24,26,28). The number of halogens is 1. The third-order valence-corrected chi connectivity index (χ3v) is 5.38. The quantitative estimate of drug-likeness (QED) is 0.518. The van der Waals surface area contributed by atoms with Gasteiger partial charge in [0, 0.05) is 31.8 Å². The van der Waals surface area contributed by atoms with Crippen LogP contribution in [-0.4, -0.2) is 50.0 Å². The van der Waals surface area contributed by atoms with E-state index in [1.165, 1.54) is 12.1 Å². The van der Waals surface area contributed by atoms with Gasteiger partial charge in [-0.15, -0.1) is 0 Å². The molecule has 2 atom stereocenters. The summed E-state index contributed by atoms with van der Waals surface area (Å²) in [6.07, 6.45) is 3.36. The molecular formula is C22H26FN7O2. The minimum Gasteiger partial charge on any atom is -0.393 e. The van der Waals surface area contributed by atoms with Gasteiger partial charge < -0.3 is 20.6 Å². The highest BCUT2D eigenvalue weighted by atomic mass is 19.1. The van der Waals surface area contributed by atoms with Crippen LogP contribution in [0.3, 0.4) is 0 Å². The topological polar surface area (TPSA) is 108 Å². The van der Waals surface area contributed by atoms with Crippen LogP contribution in [0.1, 0.15) is 30.2 Å². The summed E-state index contributed by atoms with van der Waals surface area (Å²) in [5.41, 5.74) is 3.14. The van der Waals surface area contributed by atoms with Crippen molar-refractivity contribution in [3.05, 3.63) is 59.3 Å². The fraction of sp³-hybridized carbons (Fsp3) is 0.364. The second-order valence-corrected chi connectivity index (χ2v) is 8.06. The van der Waals surface area contributed by atoms with Crippen LogP contribution in [0.2, 0.25) is 0 Å². The zero-order chi connectivity index (χ0) is 22.8. The van der Waals surface area contributed by atoms with Crippen molar-refractivity contribution < 1.29 is 14.3 Å². The van der Waals surface area contributed by atoms with Crippen LogP contribution in [0.25, 0.3) is 0 Å². The summed E-state index contributed by atoms with van der Waals surface area (Å²) >= 11 is 0. The molecule has 4 rings (SSSR count). The molecule has 0 fully saturated rings. The van der Waals surface area contributed by atoms with Crippen LogP contribution < -0.4 is 15.5 Å². The molecule has 168 valence electrons. The van der Waals surface area contributed by atoms with Crippen molar-refractivity contribution >= 4 is 23.4 Å². The summed E-state index contributed by atoms with van der Waals surface area (Å²) in [7, 11) is 1.79. The third-order valence-electron chi connectivity index (χ3n) is 5.38. The van der Waals surface area contributed by atoms with Gasteiger partial charge in [-0.2, -0.15) is 10.1 Å². The predicted molar refractivity (Wildman–Crippen MR) is 119 cm³/mol. The molecule has 0 saturated carbocycles. The van der Waals surface area contributed by atoms with E-state index >= 15 is 0 Å². The summed E-state index contributed by atoms with van der Waals surface area (Å²) in [5, 5.41) is 20.2. The first-order valence-corrected chi connectivity index (χ1v) is 10.4. The molecule has 1 amide bonds. The minimum absolute atomic E-state index is 0.179. The number of benzene rings is 1. The molecule has 3 aromatic rings. The Balaban J connectivity index is 1.45. The summed E-state index contributed by atoms with van der Waals surface area (Å²) in [6, 6.07) is 5.83. The highest BCUT2D eigenvalue weighted by Crippen LogP contribution is 2.33. The lowest BCUT2D eigenvalue weighted by molar-refractivity contribution is -0.118. The average molecular weight is 439 g/mol. The van der Waals surface area contributed by atoms with Crippen LogP contribution in [0, 0.1) is 12.7 Å². The lowest BCUT2D eigenvalue weighted by atomic mass is 10.1. The maximum atomic E-state index is 13.1.